The molecule has 0 saturated heterocycles. The topological polar surface area (TPSA) is 72.6 Å². The maximum Gasteiger partial charge on any atom is 0.237 e. The van der Waals surface area contributed by atoms with E-state index in [2.05, 4.69) is 0 Å². The number of halogens is 1. The summed E-state index contributed by atoms with van der Waals surface area (Å²) < 4.78 is 5.55. The van der Waals surface area contributed by atoms with Gasteiger partial charge in [0.15, 0.2) is 0 Å². The molecule has 1 aliphatic rings. The van der Waals surface area contributed by atoms with Gasteiger partial charge in [0.05, 0.1) is 12.5 Å². The Morgan fingerprint density at radius 3 is 2.95 bits per heavy atom. The van der Waals surface area contributed by atoms with Crippen molar-refractivity contribution in [2.45, 2.75) is 6.42 Å². The molecule has 0 aromatic heterocycles. The van der Waals surface area contributed by atoms with E-state index in [1.807, 2.05) is 0 Å². The summed E-state index contributed by atoms with van der Waals surface area (Å²) in [6.07, 6.45) is 0.553. The normalized spacial score (nSPS) is 17.3. The van der Waals surface area contributed by atoms with Crippen molar-refractivity contribution < 1.29 is 14.3 Å². The lowest BCUT2D eigenvalue weighted by molar-refractivity contribution is -0.138. The van der Waals surface area contributed by atoms with Gasteiger partial charge in [-0.05, 0) is 30.2 Å². The number of nitrogens with zero attached hydrogens (tertiary/aromatic N) is 1. The maximum atomic E-state index is 12.1. The lowest BCUT2D eigenvalue weighted by Gasteiger charge is -2.27. The van der Waals surface area contributed by atoms with Gasteiger partial charge in [-0.1, -0.05) is 11.6 Å². The molecule has 0 spiro atoms. The number of nitrogens with two attached hydrogens (primary N) is 1. The average Bonchev–Trinajstić information content (AvgIpc) is 2.36. The second-order valence-corrected chi connectivity index (χ2v) is 5.06. The van der Waals surface area contributed by atoms with Crippen molar-refractivity contribution in [1.29, 1.82) is 0 Å². The molecule has 1 atom stereocenters. The number of carbonyl (C=O) groups is 2. The lowest BCUT2D eigenvalue weighted by Crippen LogP contribution is -2.42. The fraction of sp³-hybridized carbons (Fsp3) is 0.385. The van der Waals surface area contributed by atoms with Crippen LogP contribution in [0.1, 0.15) is 5.56 Å². The summed E-state index contributed by atoms with van der Waals surface area (Å²) in [5.41, 5.74) is 5.98. The first-order chi connectivity index (χ1) is 8.97. The Morgan fingerprint density at radius 1 is 1.53 bits per heavy atom. The molecular weight excluding hydrogens is 268 g/mol. The molecule has 1 unspecified atom stereocenters. The molecule has 19 heavy (non-hydrogen) atoms. The van der Waals surface area contributed by atoms with E-state index in [4.69, 9.17) is 22.1 Å². The smallest absolute Gasteiger partial charge is 0.237 e. The number of fused-ring (bicyclic) bond motifs is 1. The van der Waals surface area contributed by atoms with Gasteiger partial charge in [0.25, 0.3) is 0 Å². The zero-order valence-corrected chi connectivity index (χ0v) is 11.3. The first-order valence-corrected chi connectivity index (χ1v) is 6.29. The fourth-order valence-corrected chi connectivity index (χ4v) is 2.34. The van der Waals surface area contributed by atoms with Crippen LogP contribution in [0, 0.1) is 5.92 Å². The molecule has 1 aromatic rings. The van der Waals surface area contributed by atoms with Gasteiger partial charge in [-0.25, -0.2) is 0 Å². The Labute approximate surface area is 116 Å². The Morgan fingerprint density at radius 2 is 2.26 bits per heavy atom. The molecule has 2 amide bonds. The largest absolute Gasteiger partial charge is 0.492 e. The predicted molar refractivity (Wildman–Crippen MR) is 71.0 cm³/mol. The number of rotatable bonds is 3. The number of carbonyl (C=O) groups excluding carboxylic acids is 2. The van der Waals surface area contributed by atoms with Crippen molar-refractivity contribution in [2.75, 3.05) is 20.2 Å². The second kappa shape index (κ2) is 5.48. The summed E-state index contributed by atoms with van der Waals surface area (Å²) in [7, 11) is 1.56. The summed E-state index contributed by atoms with van der Waals surface area (Å²) in [5.74, 6) is -0.234. The summed E-state index contributed by atoms with van der Waals surface area (Å²) in [4.78, 5) is 24.3. The van der Waals surface area contributed by atoms with Crippen molar-refractivity contribution in [2.24, 2.45) is 11.7 Å². The second-order valence-electron chi connectivity index (χ2n) is 4.62. The van der Waals surface area contributed by atoms with Gasteiger partial charge in [0, 0.05) is 12.1 Å². The van der Waals surface area contributed by atoms with Gasteiger partial charge in [0.2, 0.25) is 11.8 Å². The fourth-order valence-electron chi connectivity index (χ4n) is 2.15. The molecule has 1 heterocycles. The highest BCUT2D eigenvalue weighted by Crippen LogP contribution is 2.30. The zero-order valence-electron chi connectivity index (χ0n) is 10.6. The van der Waals surface area contributed by atoms with Crippen molar-refractivity contribution in [3.8, 4) is 5.75 Å². The molecular formula is C13H15ClN2O3. The quantitative estimate of drug-likeness (QED) is 0.893. The van der Waals surface area contributed by atoms with Crippen molar-refractivity contribution >= 4 is 23.4 Å². The van der Waals surface area contributed by atoms with Crippen molar-refractivity contribution in [3.63, 3.8) is 0 Å². The maximum absolute atomic E-state index is 12.1. The number of ether oxygens (including phenoxy) is 1. The van der Waals surface area contributed by atoms with Gasteiger partial charge in [-0.3, -0.25) is 9.59 Å². The third-order valence-electron chi connectivity index (χ3n) is 3.05. The van der Waals surface area contributed by atoms with Gasteiger partial charge < -0.3 is 15.4 Å². The molecule has 0 radical (unpaired) electrons. The lowest BCUT2D eigenvalue weighted by atomic mass is 9.95. The number of amides is 2. The Balaban J connectivity index is 2.08. The van der Waals surface area contributed by atoms with E-state index >= 15 is 0 Å². The van der Waals surface area contributed by atoms with Crippen molar-refractivity contribution in [1.82, 2.24) is 4.90 Å². The Hall–Kier alpha value is -1.75. The van der Waals surface area contributed by atoms with Gasteiger partial charge in [-0.2, -0.15) is 0 Å². The minimum absolute atomic E-state index is 0.0856. The molecule has 1 aromatic carbocycles. The number of hydrogen-bond acceptors (Lipinski definition) is 3. The highest BCUT2D eigenvalue weighted by Gasteiger charge is 2.28. The number of hydrogen-bond donors (Lipinski definition) is 1. The third-order valence-corrected chi connectivity index (χ3v) is 3.28. The molecule has 5 nitrogen and oxygen atoms in total. The first-order valence-electron chi connectivity index (χ1n) is 5.92. The highest BCUT2D eigenvalue weighted by molar-refractivity contribution is 6.30. The van der Waals surface area contributed by atoms with Crippen LogP contribution in [-0.2, 0) is 16.0 Å². The predicted octanol–water partition coefficient (Wildman–Crippen LogP) is 0.835. The van der Waals surface area contributed by atoms with Crippen LogP contribution in [0.15, 0.2) is 18.2 Å². The van der Waals surface area contributed by atoms with Crippen LogP contribution < -0.4 is 10.5 Å². The molecule has 2 rings (SSSR count). The Bertz CT molecular complexity index is 519. The van der Waals surface area contributed by atoms with Gasteiger partial charge >= 0.3 is 0 Å². The molecule has 0 aliphatic carbocycles. The molecule has 1 aliphatic heterocycles. The van der Waals surface area contributed by atoms with Crippen LogP contribution in [0.2, 0.25) is 5.02 Å². The highest BCUT2D eigenvalue weighted by atomic mass is 35.5. The van der Waals surface area contributed by atoms with E-state index in [1.165, 1.54) is 4.90 Å². The monoisotopic (exact) mass is 282 g/mol. The molecule has 0 saturated carbocycles. The minimum Gasteiger partial charge on any atom is -0.492 e. The van der Waals surface area contributed by atoms with E-state index in [-0.39, 0.29) is 18.4 Å². The summed E-state index contributed by atoms with van der Waals surface area (Å²) >= 11 is 5.92. The van der Waals surface area contributed by atoms with Crippen LogP contribution in [0.4, 0.5) is 0 Å². The number of likely N-dealkylation sites (N-methyl/N-ethyl adjacent to an activating group) is 1. The summed E-state index contributed by atoms with van der Waals surface area (Å²) in [6.45, 7) is 0.217. The van der Waals surface area contributed by atoms with Gasteiger partial charge in [-0.15, -0.1) is 0 Å². The third kappa shape index (κ3) is 3.17. The summed E-state index contributed by atoms with van der Waals surface area (Å²) in [5, 5.41) is 0.612. The van der Waals surface area contributed by atoms with E-state index < -0.39 is 5.91 Å². The standard InChI is InChI=1S/C13H15ClN2O3/c1-16(6-12(15)17)13(18)9-4-8-5-10(14)2-3-11(8)19-7-9/h2-3,5,9H,4,6-7H2,1H3,(H2,15,17). The van der Waals surface area contributed by atoms with Crippen molar-refractivity contribution in [3.05, 3.63) is 28.8 Å². The van der Waals surface area contributed by atoms with Crippen LogP contribution in [0.25, 0.3) is 0 Å². The number of primary amides is 1. The van der Waals surface area contributed by atoms with E-state index in [9.17, 15) is 9.59 Å². The molecule has 6 heteroatoms. The Kier molecular flexibility index (Phi) is 3.95. The molecule has 102 valence electrons. The van der Waals surface area contributed by atoms with E-state index in [0.717, 1.165) is 11.3 Å². The minimum atomic E-state index is -0.531. The number of benzene rings is 1. The SMILES string of the molecule is CN(CC(N)=O)C(=O)C1COc2ccc(Cl)cc2C1. The van der Waals surface area contributed by atoms with Crippen LogP contribution in [0.3, 0.4) is 0 Å². The van der Waals surface area contributed by atoms with Crippen LogP contribution in [0.5, 0.6) is 5.75 Å². The van der Waals surface area contributed by atoms with Crippen LogP contribution >= 0.6 is 11.6 Å². The van der Waals surface area contributed by atoms with E-state index in [1.54, 1.807) is 25.2 Å². The van der Waals surface area contributed by atoms with E-state index in [0.29, 0.717) is 18.1 Å². The van der Waals surface area contributed by atoms with Crippen LogP contribution in [-0.4, -0.2) is 36.9 Å². The zero-order chi connectivity index (χ0) is 14.0. The molecule has 0 fully saturated rings. The molecule has 2 N–H and O–H groups in total. The van der Waals surface area contributed by atoms with Gasteiger partial charge in [0.1, 0.15) is 12.4 Å². The average molecular weight is 283 g/mol. The molecule has 0 bridgehead atoms. The first kappa shape index (κ1) is 13.7. The summed E-state index contributed by atoms with van der Waals surface area (Å²) in [6, 6.07) is 5.34.